The summed E-state index contributed by atoms with van der Waals surface area (Å²) >= 11 is 0. The van der Waals surface area contributed by atoms with Gasteiger partial charge in [0.1, 0.15) is 17.2 Å². The molecule has 36 heavy (non-hydrogen) atoms. The van der Waals surface area contributed by atoms with E-state index in [0.717, 1.165) is 54.2 Å². The van der Waals surface area contributed by atoms with Gasteiger partial charge in [-0.2, -0.15) is 9.97 Å². The number of β-amino-alcohol motifs (C(OH)–C–C–N with tert-alkyl or cyclic N) is 1. The Morgan fingerprint density at radius 2 is 1.78 bits per heavy atom. The average molecular weight is 491 g/mol. The first kappa shape index (κ1) is 23.3. The lowest BCUT2D eigenvalue weighted by Crippen LogP contribution is -2.45. The third-order valence-corrected chi connectivity index (χ3v) is 7.38. The molecule has 2 aliphatic heterocycles. The minimum atomic E-state index is -1.03. The van der Waals surface area contributed by atoms with Gasteiger partial charge < -0.3 is 24.2 Å². The van der Waals surface area contributed by atoms with Crippen molar-refractivity contribution in [3.63, 3.8) is 0 Å². The van der Waals surface area contributed by atoms with Crippen LogP contribution in [0.1, 0.15) is 44.3 Å². The first-order chi connectivity index (χ1) is 17.4. The third-order valence-electron chi connectivity index (χ3n) is 7.38. The highest BCUT2D eigenvalue weighted by Crippen LogP contribution is 2.35. The molecule has 5 heterocycles. The van der Waals surface area contributed by atoms with E-state index >= 15 is 0 Å². The standard InChI is InChI=1S/C26H34N8O2/c1-17(2)21-27-18-8-5-6-9-19(18)34(21)25-29-22-20(23(30-25)33-12-14-36-15-13-33)28-24(32(22)4)26(35)10-7-11-31(3)16-26/h5-6,8-9,17,35H,7,10-16H2,1-4H3/t26-/m1/s1. The molecule has 1 N–H and O–H groups in total. The summed E-state index contributed by atoms with van der Waals surface area (Å²) in [6.45, 7) is 8.52. The van der Waals surface area contributed by atoms with Crippen molar-refractivity contribution >= 4 is 28.0 Å². The van der Waals surface area contributed by atoms with Gasteiger partial charge in [-0.15, -0.1) is 0 Å². The summed E-state index contributed by atoms with van der Waals surface area (Å²) in [5.41, 5.74) is 2.29. The van der Waals surface area contributed by atoms with Gasteiger partial charge in [0.05, 0.1) is 24.2 Å². The highest BCUT2D eigenvalue weighted by atomic mass is 16.5. The lowest BCUT2D eigenvalue weighted by Gasteiger charge is -2.36. The molecule has 2 fully saturated rings. The second-order valence-corrected chi connectivity index (χ2v) is 10.4. The average Bonchev–Trinajstić information content (AvgIpc) is 3.43. The summed E-state index contributed by atoms with van der Waals surface area (Å²) in [4.78, 5) is 24.5. The molecule has 0 unspecified atom stereocenters. The number of aliphatic hydroxyl groups is 1. The summed E-state index contributed by atoms with van der Waals surface area (Å²) in [5.74, 6) is 3.09. The van der Waals surface area contributed by atoms with Crippen LogP contribution in [0.15, 0.2) is 24.3 Å². The van der Waals surface area contributed by atoms with Crippen LogP contribution in [0.25, 0.3) is 28.1 Å². The number of para-hydroxylation sites is 2. The van der Waals surface area contributed by atoms with Crippen LogP contribution in [0.4, 0.5) is 5.82 Å². The van der Waals surface area contributed by atoms with Crippen molar-refractivity contribution in [1.82, 2.24) is 34.0 Å². The fourth-order valence-corrected chi connectivity index (χ4v) is 5.62. The van der Waals surface area contributed by atoms with E-state index < -0.39 is 5.60 Å². The van der Waals surface area contributed by atoms with Crippen molar-refractivity contribution in [2.45, 2.75) is 38.2 Å². The first-order valence-corrected chi connectivity index (χ1v) is 12.8. The Balaban J connectivity index is 1.61. The minimum Gasteiger partial charge on any atom is -0.381 e. The molecule has 2 saturated heterocycles. The number of anilines is 1. The molecular weight excluding hydrogens is 456 g/mol. The minimum absolute atomic E-state index is 0.184. The van der Waals surface area contributed by atoms with Crippen molar-refractivity contribution < 1.29 is 9.84 Å². The molecule has 6 rings (SSSR count). The number of rotatable bonds is 4. The maximum atomic E-state index is 11.7. The van der Waals surface area contributed by atoms with E-state index in [9.17, 15) is 5.11 Å². The van der Waals surface area contributed by atoms with Crippen molar-refractivity contribution in [1.29, 1.82) is 0 Å². The molecule has 0 saturated carbocycles. The molecule has 10 nitrogen and oxygen atoms in total. The van der Waals surface area contributed by atoms with E-state index in [-0.39, 0.29) is 5.92 Å². The number of ether oxygens (including phenoxy) is 1. The van der Waals surface area contributed by atoms with E-state index in [1.807, 2.05) is 36.9 Å². The molecule has 0 amide bonds. The molecule has 0 bridgehead atoms. The summed E-state index contributed by atoms with van der Waals surface area (Å²) in [7, 11) is 3.99. The van der Waals surface area contributed by atoms with Crippen molar-refractivity contribution in [2.75, 3.05) is 51.3 Å². The second kappa shape index (κ2) is 8.79. The van der Waals surface area contributed by atoms with E-state index in [1.165, 1.54) is 0 Å². The SMILES string of the molecule is CC(C)c1nc2ccccc2n1-c1nc(N2CCOCC2)c2nc([C@@]3(O)CCCN(C)C3)n(C)c2n1. The number of piperidine rings is 1. The summed E-state index contributed by atoms with van der Waals surface area (Å²) in [6, 6.07) is 8.10. The molecule has 4 aromatic rings. The molecule has 2 aliphatic rings. The molecule has 3 aromatic heterocycles. The molecule has 190 valence electrons. The van der Waals surface area contributed by atoms with Crippen LogP contribution in [-0.4, -0.2) is 85.5 Å². The van der Waals surface area contributed by atoms with E-state index in [0.29, 0.717) is 43.6 Å². The van der Waals surface area contributed by atoms with Crippen LogP contribution in [-0.2, 0) is 17.4 Å². The highest BCUT2D eigenvalue weighted by Gasteiger charge is 2.39. The zero-order chi connectivity index (χ0) is 25.0. The Bertz CT molecular complexity index is 1420. The summed E-state index contributed by atoms with van der Waals surface area (Å²) in [6.07, 6.45) is 1.59. The van der Waals surface area contributed by atoms with Gasteiger partial charge in [0, 0.05) is 32.6 Å². The maximum absolute atomic E-state index is 11.7. The highest BCUT2D eigenvalue weighted by molar-refractivity contribution is 5.86. The Labute approximate surface area is 210 Å². The van der Waals surface area contributed by atoms with Crippen molar-refractivity contribution in [2.24, 2.45) is 7.05 Å². The number of imidazole rings is 2. The van der Waals surface area contributed by atoms with Gasteiger partial charge in [-0.05, 0) is 38.6 Å². The Hall–Kier alpha value is -3.08. The normalized spacial score (nSPS) is 21.8. The number of aromatic nitrogens is 6. The fourth-order valence-electron chi connectivity index (χ4n) is 5.62. The van der Waals surface area contributed by atoms with Crippen LogP contribution >= 0.6 is 0 Å². The largest absolute Gasteiger partial charge is 0.381 e. The first-order valence-electron chi connectivity index (χ1n) is 12.8. The van der Waals surface area contributed by atoms with Crippen LogP contribution in [0.2, 0.25) is 0 Å². The summed E-state index contributed by atoms with van der Waals surface area (Å²) < 4.78 is 9.65. The Morgan fingerprint density at radius 3 is 2.53 bits per heavy atom. The van der Waals surface area contributed by atoms with E-state index in [4.69, 9.17) is 24.7 Å². The molecule has 10 heteroatoms. The Kier molecular flexibility index (Phi) is 5.70. The number of morpholine rings is 1. The predicted molar refractivity (Wildman–Crippen MR) is 139 cm³/mol. The monoisotopic (exact) mass is 490 g/mol. The van der Waals surface area contributed by atoms with Crippen LogP contribution < -0.4 is 4.90 Å². The number of hydrogen-bond acceptors (Lipinski definition) is 8. The van der Waals surface area contributed by atoms with Gasteiger partial charge in [0.15, 0.2) is 17.0 Å². The second-order valence-electron chi connectivity index (χ2n) is 10.4. The van der Waals surface area contributed by atoms with Crippen LogP contribution in [0.5, 0.6) is 0 Å². The molecule has 0 spiro atoms. The van der Waals surface area contributed by atoms with Gasteiger partial charge in [-0.1, -0.05) is 26.0 Å². The van der Waals surface area contributed by atoms with E-state index in [2.05, 4.69) is 34.3 Å². The number of nitrogens with zero attached hydrogens (tertiary/aromatic N) is 8. The van der Waals surface area contributed by atoms with Gasteiger partial charge in [0.2, 0.25) is 5.95 Å². The fraction of sp³-hybridized carbons (Fsp3) is 0.538. The van der Waals surface area contributed by atoms with Gasteiger partial charge in [-0.3, -0.25) is 4.57 Å². The molecule has 1 atom stereocenters. The topological polar surface area (TPSA) is 97.4 Å². The number of hydrogen-bond donors (Lipinski definition) is 1. The van der Waals surface area contributed by atoms with Gasteiger partial charge in [-0.25, -0.2) is 9.97 Å². The lowest BCUT2D eigenvalue weighted by molar-refractivity contribution is -0.0365. The number of aryl methyl sites for hydroxylation is 1. The smallest absolute Gasteiger partial charge is 0.239 e. The summed E-state index contributed by atoms with van der Waals surface area (Å²) in [5, 5.41) is 11.7. The number of benzene rings is 1. The van der Waals surface area contributed by atoms with Crippen molar-refractivity contribution in [3.8, 4) is 5.95 Å². The van der Waals surface area contributed by atoms with E-state index in [1.54, 1.807) is 0 Å². The Morgan fingerprint density at radius 1 is 1.00 bits per heavy atom. The zero-order valence-corrected chi connectivity index (χ0v) is 21.5. The molecule has 0 radical (unpaired) electrons. The van der Waals surface area contributed by atoms with Gasteiger partial charge in [0.25, 0.3) is 0 Å². The maximum Gasteiger partial charge on any atom is 0.239 e. The molecular formula is C26H34N8O2. The quantitative estimate of drug-likeness (QED) is 0.466. The van der Waals surface area contributed by atoms with Crippen LogP contribution in [0.3, 0.4) is 0 Å². The number of likely N-dealkylation sites (tertiary alicyclic amines) is 1. The molecule has 1 aromatic carbocycles. The number of likely N-dealkylation sites (N-methyl/N-ethyl adjacent to an activating group) is 1. The van der Waals surface area contributed by atoms with Crippen LogP contribution in [0, 0.1) is 0 Å². The van der Waals surface area contributed by atoms with Crippen molar-refractivity contribution in [3.05, 3.63) is 35.9 Å². The van der Waals surface area contributed by atoms with Gasteiger partial charge >= 0.3 is 0 Å². The third kappa shape index (κ3) is 3.75. The lowest BCUT2D eigenvalue weighted by atomic mass is 9.92. The predicted octanol–water partition coefficient (Wildman–Crippen LogP) is 2.58. The number of fused-ring (bicyclic) bond motifs is 2. The zero-order valence-electron chi connectivity index (χ0n) is 21.5. The molecule has 0 aliphatic carbocycles.